The molecule has 0 amide bonds. The molecule has 0 spiro atoms. The molecular formula is C13H16BrN3O. The lowest BCUT2D eigenvalue weighted by atomic mass is 10.1. The van der Waals surface area contributed by atoms with Gasteiger partial charge in [0.1, 0.15) is 0 Å². The Morgan fingerprint density at radius 2 is 2.00 bits per heavy atom. The molecule has 5 heteroatoms. The molecule has 1 aromatic heterocycles. The summed E-state index contributed by atoms with van der Waals surface area (Å²) in [5, 5.41) is 11.4. The van der Waals surface area contributed by atoms with Crippen molar-refractivity contribution in [2.24, 2.45) is 0 Å². The Labute approximate surface area is 115 Å². The van der Waals surface area contributed by atoms with E-state index >= 15 is 0 Å². The van der Waals surface area contributed by atoms with Crippen LogP contribution in [-0.4, -0.2) is 16.7 Å². The molecule has 0 bridgehead atoms. The van der Waals surface area contributed by atoms with Gasteiger partial charge in [0.25, 0.3) is 0 Å². The third-order valence-corrected chi connectivity index (χ3v) is 3.16. The summed E-state index contributed by atoms with van der Waals surface area (Å²) < 4.78 is 6.70. The number of rotatable bonds is 5. The summed E-state index contributed by atoms with van der Waals surface area (Å²) in [4.78, 5) is 0. The van der Waals surface area contributed by atoms with E-state index in [4.69, 9.17) is 4.42 Å². The normalized spacial score (nSPS) is 12.6. The van der Waals surface area contributed by atoms with Gasteiger partial charge in [0.2, 0.25) is 11.8 Å². The number of hydrogen-bond donors (Lipinski definition) is 1. The Hall–Kier alpha value is -1.20. The second-order valence-electron chi connectivity index (χ2n) is 4.12. The van der Waals surface area contributed by atoms with E-state index in [9.17, 15) is 0 Å². The van der Waals surface area contributed by atoms with Crippen LogP contribution in [0.2, 0.25) is 0 Å². The van der Waals surface area contributed by atoms with Crippen LogP contribution in [0, 0.1) is 0 Å². The molecule has 1 unspecified atom stereocenters. The van der Waals surface area contributed by atoms with Crippen LogP contribution in [0.15, 0.2) is 33.2 Å². The van der Waals surface area contributed by atoms with Crippen LogP contribution in [0.1, 0.15) is 37.2 Å². The van der Waals surface area contributed by atoms with Gasteiger partial charge < -0.3 is 9.73 Å². The van der Waals surface area contributed by atoms with Crippen LogP contribution in [0.5, 0.6) is 0 Å². The van der Waals surface area contributed by atoms with E-state index in [1.165, 1.54) is 0 Å². The molecule has 0 aliphatic heterocycles. The van der Waals surface area contributed by atoms with E-state index < -0.39 is 0 Å². The Morgan fingerprint density at radius 3 is 2.67 bits per heavy atom. The third-order valence-electron chi connectivity index (χ3n) is 2.63. The molecule has 0 aliphatic rings. The monoisotopic (exact) mass is 309 g/mol. The van der Waals surface area contributed by atoms with Crippen LogP contribution in [0.25, 0.3) is 0 Å². The van der Waals surface area contributed by atoms with Crippen molar-refractivity contribution in [1.82, 2.24) is 15.5 Å². The number of nitrogens with zero attached hydrogens (tertiary/aromatic N) is 2. The fourth-order valence-corrected chi connectivity index (χ4v) is 1.95. The van der Waals surface area contributed by atoms with Gasteiger partial charge in [-0.05, 0) is 31.2 Å². The van der Waals surface area contributed by atoms with Crippen molar-refractivity contribution in [3.05, 3.63) is 46.1 Å². The highest BCUT2D eigenvalue weighted by atomic mass is 79.9. The average Bonchev–Trinajstić information content (AvgIpc) is 2.81. The van der Waals surface area contributed by atoms with Crippen LogP contribution >= 0.6 is 15.9 Å². The van der Waals surface area contributed by atoms with Crippen molar-refractivity contribution in [1.29, 1.82) is 0 Å². The number of hydrogen-bond acceptors (Lipinski definition) is 4. The smallest absolute Gasteiger partial charge is 0.233 e. The molecule has 1 N–H and O–H groups in total. The predicted molar refractivity (Wildman–Crippen MR) is 73.3 cm³/mol. The van der Waals surface area contributed by atoms with Gasteiger partial charge in [-0.25, -0.2) is 0 Å². The van der Waals surface area contributed by atoms with Gasteiger partial charge in [-0.3, -0.25) is 0 Å². The fourth-order valence-electron chi connectivity index (χ4n) is 1.68. The minimum atomic E-state index is 0.0983. The third kappa shape index (κ3) is 3.40. The average molecular weight is 310 g/mol. The van der Waals surface area contributed by atoms with E-state index in [1.54, 1.807) is 0 Å². The number of halogens is 1. The molecule has 0 fully saturated rings. The fraction of sp³-hybridized carbons (Fsp3) is 0.385. The van der Waals surface area contributed by atoms with E-state index in [0.29, 0.717) is 18.2 Å². The molecular weight excluding hydrogens is 294 g/mol. The molecule has 4 nitrogen and oxygen atoms in total. The summed E-state index contributed by atoms with van der Waals surface area (Å²) in [5.74, 6) is 1.29. The Kier molecular flexibility index (Phi) is 4.49. The molecule has 0 saturated heterocycles. The molecule has 1 atom stereocenters. The summed E-state index contributed by atoms with van der Waals surface area (Å²) in [6, 6.07) is 8.20. The molecule has 0 aliphatic carbocycles. The highest BCUT2D eigenvalue weighted by molar-refractivity contribution is 9.10. The van der Waals surface area contributed by atoms with Crippen molar-refractivity contribution in [3.8, 4) is 0 Å². The van der Waals surface area contributed by atoms with Crippen LogP contribution in [0.3, 0.4) is 0 Å². The number of aromatic nitrogens is 2. The maximum atomic E-state index is 5.64. The molecule has 1 aromatic carbocycles. The lowest BCUT2D eigenvalue weighted by Gasteiger charge is -2.05. The molecule has 0 radical (unpaired) electrons. The van der Waals surface area contributed by atoms with E-state index in [1.807, 2.05) is 31.2 Å². The first-order valence-electron chi connectivity index (χ1n) is 5.99. The largest absolute Gasteiger partial charge is 0.423 e. The summed E-state index contributed by atoms with van der Waals surface area (Å²) in [6.07, 6.45) is 0.666. The summed E-state index contributed by atoms with van der Waals surface area (Å²) in [7, 11) is 0. The first-order chi connectivity index (χ1) is 8.69. The molecule has 0 saturated carbocycles. The van der Waals surface area contributed by atoms with E-state index in [0.717, 1.165) is 16.6 Å². The van der Waals surface area contributed by atoms with Crippen LogP contribution in [0.4, 0.5) is 0 Å². The van der Waals surface area contributed by atoms with Crippen LogP contribution < -0.4 is 5.32 Å². The maximum Gasteiger partial charge on any atom is 0.233 e. The van der Waals surface area contributed by atoms with Gasteiger partial charge in [0.15, 0.2) is 0 Å². The second kappa shape index (κ2) is 6.11. The minimum absolute atomic E-state index is 0.0983. The zero-order chi connectivity index (χ0) is 13.0. The van der Waals surface area contributed by atoms with Gasteiger partial charge in [0.05, 0.1) is 12.5 Å². The number of benzene rings is 1. The van der Waals surface area contributed by atoms with Crippen molar-refractivity contribution >= 4 is 15.9 Å². The minimum Gasteiger partial charge on any atom is -0.423 e. The predicted octanol–water partition coefficient (Wildman–Crippen LogP) is 3.09. The highest BCUT2D eigenvalue weighted by Gasteiger charge is 2.12. The first-order valence-corrected chi connectivity index (χ1v) is 6.78. The Bertz CT molecular complexity index is 495. The molecule has 96 valence electrons. The second-order valence-corrected chi connectivity index (χ2v) is 5.03. The van der Waals surface area contributed by atoms with Crippen molar-refractivity contribution in [2.75, 3.05) is 6.54 Å². The standard InChI is InChI=1S/C13H16BrN3O/c1-3-15-9(2)13-17-16-12(18-13)8-10-4-6-11(14)7-5-10/h4-7,9,15H,3,8H2,1-2H3. The van der Waals surface area contributed by atoms with Crippen LogP contribution in [-0.2, 0) is 6.42 Å². The summed E-state index contributed by atoms with van der Waals surface area (Å²) in [6.45, 7) is 4.95. The molecule has 1 heterocycles. The van der Waals surface area contributed by atoms with Crippen molar-refractivity contribution in [2.45, 2.75) is 26.3 Å². The van der Waals surface area contributed by atoms with E-state index in [-0.39, 0.29) is 6.04 Å². The maximum absolute atomic E-state index is 5.64. The van der Waals surface area contributed by atoms with Gasteiger partial charge in [-0.15, -0.1) is 10.2 Å². The SMILES string of the molecule is CCNC(C)c1nnc(Cc2ccc(Br)cc2)o1. The van der Waals surface area contributed by atoms with Crippen molar-refractivity contribution < 1.29 is 4.42 Å². The Morgan fingerprint density at radius 1 is 1.28 bits per heavy atom. The van der Waals surface area contributed by atoms with E-state index in [2.05, 4.69) is 38.4 Å². The quantitative estimate of drug-likeness (QED) is 0.922. The lowest BCUT2D eigenvalue weighted by Crippen LogP contribution is -2.17. The Balaban J connectivity index is 2.04. The summed E-state index contributed by atoms with van der Waals surface area (Å²) >= 11 is 3.41. The van der Waals surface area contributed by atoms with Gasteiger partial charge in [0, 0.05) is 4.47 Å². The van der Waals surface area contributed by atoms with Gasteiger partial charge in [-0.1, -0.05) is 35.0 Å². The highest BCUT2D eigenvalue weighted by Crippen LogP contribution is 2.15. The number of nitrogens with one attached hydrogen (secondary N) is 1. The zero-order valence-corrected chi connectivity index (χ0v) is 12.1. The van der Waals surface area contributed by atoms with Gasteiger partial charge in [-0.2, -0.15) is 0 Å². The summed E-state index contributed by atoms with van der Waals surface area (Å²) in [5.41, 5.74) is 1.16. The zero-order valence-electron chi connectivity index (χ0n) is 10.5. The molecule has 18 heavy (non-hydrogen) atoms. The van der Waals surface area contributed by atoms with Crippen molar-refractivity contribution in [3.63, 3.8) is 0 Å². The topological polar surface area (TPSA) is 51.0 Å². The molecule has 2 aromatic rings. The lowest BCUT2D eigenvalue weighted by molar-refractivity contribution is 0.401. The first kappa shape index (κ1) is 13.2. The van der Waals surface area contributed by atoms with Gasteiger partial charge >= 0.3 is 0 Å². The molecule has 2 rings (SSSR count).